The van der Waals surface area contributed by atoms with E-state index in [4.69, 9.17) is 18.5 Å². The first kappa shape index (κ1) is 23.9. The van der Waals surface area contributed by atoms with Gasteiger partial charge in [0.25, 0.3) is 8.32 Å². The molecule has 1 heterocycles. The van der Waals surface area contributed by atoms with E-state index in [1.54, 1.807) is 7.11 Å². The van der Waals surface area contributed by atoms with Crippen LogP contribution in [0.15, 0.2) is 42.5 Å². The average Bonchev–Trinajstić information content (AvgIpc) is 2.88. The highest BCUT2D eigenvalue weighted by molar-refractivity contribution is 6.74. The number of methoxy groups -OCH3 is 1. The molecule has 0 unspecified atom stereocenters. The van der Waals surface area contributed by atoms with Gasteiger partial charge < -0.3 is 18.5 Å². The molecule has 168 valence electrons. The molecule has 0 radical (unpaired) electrons. The van der Waals surface area contributed by atoms with Crippen molar-refractivity contribution in [1.82, 2.24) is 0 Å². The minimum Gasteiger partial charge on any atom is -0.541 e. The highest BCUT2D eigenvalue weighted by Crippen LogP contribution is 2.44. The van der Waals surface area contributed by atoms with Gasteiger partial charge in [-0.25, -0.2) is 0 Å². The van der Waals surface area contributed by atoms with E-state index in [9.17, 15) is 0 Å². The van der Waals surface area contributed by atoms with E-state index < -0.39 is 8.32 Å². The van der Waals surface area contributed by atoms with Crippen molar-refractivity contribution in [3.05, 3.63) is 42.5 Å². The Morgan fingerprint density at radius 1 is 0.871 bits per heavy atom. The van der Waals surface area contributed by atoms with Crippen LogP contribution in [0.1, 0.15) is 48.5 Å². The monoisotopic (exact) mass is 440 g/mol. The van der Waals surface area contributed by atoms with Crippen LogP contribution in [0.25, 0.3) is 11.1 Å². The zero-order valence-corrected chi connectivity index (χ0v) is 21.8. The predicted molar refractivity (Wildman–Crippen MR) is 132 cm³/mol. The molecular weight excluding hydrogens is 403 g/mol. The molecular formula is C25H37BO4Si. The van der Waals surface area contributed by atoms with Gasteiger partial charge >= 0.3 is 7.12 Å². The lowest BCUT2D eigenvalue weighted by molar-refractivity contribution is 0.00578. The van der Waals surface area contributed by atoms with Gasteiger partial charge in [-0.1, -0.05) is 57.2 Å². The predicted octanol–water partition coefficient (Wildman–Crippen LogP) is 6.05. The topological polar surface area (TPSA) is 36.9 Å². The number of hydrogen-bond acceptors (Lipinski definition) is 4. The molecule has 2 aromatic rings. The van der Waals surface area contributed by atoms with Crippen LogP contribution in [0, 0.1) is 0 Å². The molecule has 31 heavy (non-hydrogen) atoms. The second-order valence-electron chi connectivity index (χ2n) is 10.9. The number of ether oxygens (including phenoxy) is 1. The van der Waals surface area contributed by atoms with E-state index in [0.29, 0.717) is 0 Å². The van der Waals surface area contributed by atoms with Crippen LogP contribution >= 0.6 is 0 Å². The van der Waals surface area contributed by atoms with Crippen LogP contribution in [0.4, 0.5) is 0 Å². The summed E-state index contributed by atoms with van der Waals surface area (Å²) in [4.78, 5) is 0. The maximum absolute atomic E-state index is 6.72. The highest BCUT2D eigenvalue weighted by atomic mass is 28.4. The molecule has 0 atom stereocenters. The quantitative estimate of drug-likeness (QED) is 0.531. The first-order valence-electron chi connectivity index (χ1n) is 11.0. The van der Waals surface area contributed by atoms with Crippen molar-refractivity contribution in [1.29, 1.82) is 0 Å². The van der Waals surface area contributed by atoms with E-state index in [-0.39, 0.29) is 23.4 Å². The molecule has 0 aromatic heterocycles. The molecule has 2 aromatic carbocycles. The molecule has 0 N–H and O–H groups in total. The van der Waals surface area contributed by atoms with E-state index in [0.717, 1.165) is 28.1 Å². The summed E-state index contributed by atoms with van der Waals surface area (Å²) < 4.78 is 24.8. The molecule has 0 amide bonds. The van der Waals surface area contributed by atoms with Gasteiger partial charge in [-0.3, -0.25) is 0 Å². The SMILES string of the molecule is COc1cccc(-c2ccc(B3OC(C)(C)C(C)(C)O3)cc2)c1O[Si](C)(C)C(C)(C)C. The smallest absolute Gasteiger partial charge is 0.494 e. The number of hydrogen-bond donors (Lipinski definition) is 0. The fourth-order valence-electron chi connectivity index (χ4n) is 3.22. The number of rotatable bonds is 5. The lowest BCUT2D eigenvalue weighted by Crippen LogP contribution is -2.44. The van der Waals surface area contributed by atoms with Gasteiger partial charge in [0.2, 0.25) is 0 Å². The number of para-hydroxylation sites is 1. The fourth-order valence-corrected chi connectivity index (χ4v) is 4.24. The van der Waals surface area contributed by atoms with Gasteiger partial charge in [0, 0.05) is 5.56 Å². The summed E-state index contributed by atoms with van der Waals surface area (Å²) in [5.41, 5.74) is 2.41. The summed E-state index contributed by atoms with van der Waals surface area (Å²) in [6.07, 6.45) is 0. The van der Waals surface area contributed by atoms with Crippen LogP contribution in [-0.4, -0.2) is 33.7 Å². The van der Waals surface area contributed by atoms with E-state index in [1.165, 1.54) is 0 Å². The Balaban J connectivity index is 1.95. The zero-order valence-electron chi connectivity index (χ0n) is 20.8. The molecule has 0 saturated carbocycles. The molecule has 4 nitrogen and oxygen atoms in total. The highest BCUT2D eigenvalue weighted by Gasteiger charge is 2.51. The Labute approximate surface area is 189 Å². The third-order valence-corrected chi connectivity index (χ3v) is 11.4. The van der Waals surface area contributed by atoms with Crippen molar-refractivity contribution in [3.8, 4) is 22.6 Å². The second kappa shape index (κ2) is 7.98. The third kappa shape index (κ3) is 4.57. The van der Waals surface area contributed by atoms with Crippen molar-refractivity contribution in [2.75, 3.05) is 7.11 Å². The normalized spacial score (nSPS) is 18.2. The molecule has 3 rings (SSSR count). The van der Waals surface area contributed by atoms with Crippen molar-refractivity contribution in [2.24, 2.45) is 0 Å². The maximum Gasteiger partial charge on any atom is 0.494 e. The molecule has 1 aliphatic rings. The summed E-state index contributed by atoms with van der Waals surface area (Å²) in [6.45, 7) is 19.5. The molecule has 1 aliphatic heterocycles. The Kier molecular flexibility index (Phi) is 6.15. The lowest BCUT2D eigenvalue weighted by Gasteiger charge is -2.37. The Morgan fingerprint density at radius 3 is 1.90 bits per heavy atom. The Morgan fingerprint density at radius 2 is 1.42 bits per heavy atom. The van der Waals surface area contributed by atoms with Gasteiger partial charge in [0.15, 0.2) is 11.5 Å². The van der Waals surface area contributed by atoms with Gasteiger partial charge in [0.05, 0.1) is 18.3 Å². The third-order valence-electron chi connectivity index (χ3n) is 7.11. The first-order valence-corrected chi connectivity index (χ1v) is 13.9. The van der Waals surface area contributed by atoms with Crippen LogP contribution in [0.3, 0.4) is 0 Å². The molecule has 0 bridgehead atoms. The average molecular weight is 440 g/mol. The number of benzene rings is 2. The van der Waals surface area contributed by atoms with Crippen molar-refractivity contribution >= 4 is 20.9 Å². The largest absolute Gasteiger partial charge is 0.541 e. The first-order chi connectivity index (χ1) is 14.2. The molecule has 6 heteroatoms. The van der Waals surface area contributed by atoms with E-state index in [1.807, 2.05) is 12.1 Å². The summed E-state index contributed by atoms with van der Waals surface area (Å²) in [6, 6.07) is 14.4. The zero-order chi connectivity index (χ0) is 23.2. The standard InChI is InChI=1S/C25H37BO4Si/c1-23(2,3)31(9,10)28-22-20(12-11-13-21(22)27-8)18-14-16-19(17-15-18)26-29-24(4,5)25(6,7)30-26/h11-17H,1-10H3. The van der Waals surface area contributed by atoms with Gasteiger partial charge in [-0.05, 0) is 62.9 Å². The summed E-state index contributed by atoms with van der Waals surface area (Å²) >= 11 is 0. The summed E-state index contributed by atoms with van der Waals surface area (Å²) in [7, 11) is -0.717. The molecule has 0 spiro atoms. The maximum atomic E-state index is 6.72. The van der Waals surface area contributed by atoms with Crippen molar-refractivity contribution < 1.29 is 18.5 Å². The fraction of sp³-hybridized carbons (Fsp3) is 0.520. The minimum absolute atomic E-state index is 0.0890. The van der Waals surface area contributed by atoms with Crippen LogP contribution in [0.5, 0.6) is 11.5 Å². The molecule has 1 saturated heterocycles. The Bertz CT molecular complexity index is 914. The van der Waals surface area contributed by atoms with Gasteiger partial charge in [-0.15, -0.1) is 0 Å². The summed E-state index contributed by atoms with van der Waals surface area (Å²) in [5.74, 6) is 1.58. The van der Waals surface area contributed by atoms with Crippen molar-refractivity contribution in [3.63, 3.8) is 0 Å². The van der Waals surface area contributed by atoms with Crippen LogP contribution < -0.4 is 14.6 Å². The second-order valence-corrected chi connectivity index (χ2v) is 15.6. The minimum atomic E-state index is -2.04. The van der Waals surface area contributed by atoms with Gasteiger partial charge in [0.1, 0.15) is 0 Å². The van der Waals surface area contributed by atoms with E-state index in [2.05, 4.69) is 91.9 Å². The van der Waals surface area contributed by atoms with Crippen LogP contribution in [0.2, 0.25) is 18.1 Å². The Hall–Kier alpha value is -1.76. The molecule has 0 aliphatic carbocycles. The van der Waals surface area contributed by atoms with Crippen LogP contribution in [-0.2, 0) is 9.31 Å². The van der Waals surface area contributed by atoms with Gasteiger partial charge in [-0.2, -0.15) is 0 Å². The molecule has 1 fully saturated rings. The summed E-state index contributed by atoms with van der Waals surface area (Å²) in [5, 5.41) is 0.0890. The lowest BCUT2D eigenvalue weighted by atomic mass is 9.78. The van der Waals surface area contributed by atoms with Crippen molar-refractivity contribution in [2.45, 2.75) is 77.8 Å². The van der Waals surface area contributed by atoms with E-state index >= 15 is 0 Å².